The van der Waals surface area contributed by atoms with E-state index in [-0.39, 0.29) is 17.4 Å². The molecule has 3 rings (SSSR count). The third kappa shape index (κ3) is 4.03. The summed E-state index contributed by atoms with van der Waals surface area (Å²) in [5.41, 5.74) is -6.29. The molecule has 1 aliphatic rings. The number of aliphatic hydroxyl groups is 1. The Morgan fingerprint density at radius 2 is 1.66 bits per heavy atom. The minimum absolute atomic E-state index is 0.0772. The van der Waals surface area contributed by atoms with Crippen molar-refractivity contribution >= 4 is 0 Å². The van der Waals surface area contributed by atoms with E-state index in [2.05, 4.69) is 0 Å². The van der Waals surface area contributed by atoms with Gasteiger partial charge >= 0.3 is 12.4 Å². The quantitative estimate of drug-likeness (QED) is 0.641. The van der Waals surface area contributed by atoms with E-state index < -0.39 is 65.2 Å². The number of halogens is 8. The van der Waals surface area contributed by atoms with Crippen molar-refractivity contribution in [2.75, 3.05) is 0 Å². The van der Waals surface area contributed by atoms with Crippen LogP contribution in [-0.2, 0) is 12.6 Å². The van der Waals surface area contributed by atoms with Crippen LogP contribution in [0.4, 0.5) is 35.1 Å². The Hall–Kier alpha value is -2.36. The van der Waals surface area contributed by atoms with Gasteiger partial charge in [0.2, 0.25) is 0 Å². The first-order chi connectivity index (χ1) is 13.2. The summed E-state index contributed by atoms with van der Waals surface area (Å²) >= 11 is 0. The molecule has 29 heavy (non-hydrogen) atoms. The van der Waals surface area contributed by atoms with E-state index in [1.54, 1.807) is 0 Å². The van der Waals surface area contributed by atoms with Crippen LogP contribution >= 0.6 is 0 Å². The lowest BCUT2D eigenvalue weighted by Gasteiger charge is -2.38. The Balaban J connectivity index is 1.96. The van der Waals surface area contributed by atoms with Crippen molar-refractivity contribution < 1.29 is 45.0 Å². The predicted molar refractivity (Wildman–Crippen MR) is 85.2 cm³/mol. The van der Waals surface area contributed by atoms with Crippen molar-refractivity contribution in [1.82, 2.24) is 0 Å². The van der Waals surface area contributed by atoms with Crippen LogP contribution in [0.5, 0.6) is 5.75 Å². The summed E-state index contributed by atoms with van der Waals surface area (Å²) in [6.07, 6.45) is -14.2. The molecule has 158 valence electrons. The van der Waals surface area contributed by atoms with Crippen LogP contribution in [0.15, 0.2) is 30.3 Å². The summed E-state index contributed by atoms with van der Waals surface area (Å²) < 4.78 is 112. The topological polar surface area (TPSA) is 29.5 Å². The van der Waals surface area contributed by atoms with Gasteiger partial charge in [0, 0.05) is 18.4 Å². The standard InChI is InChI=1S/C19H14F8O2/c1-9-4-11(18(22,23)24)5-10(16(9)21)7-17(28,19(25,26)27)8-15-13-6-12(20)2-3-14(13)29-15/h2-6,15,28H,7-8H2,1H3. The number of aryl methyl sites for hydroxylation is 1. The van der Waals surface area contributed by atoms with Crippen LogP contribution in [0.3, 0.4) is 0 Å². The SMILES string of the molecule is Cc1cc(C(F)(F)F)cc(CC(O)(CC2Oc3ccc(F)cc32)C(F)(F)F)c1F. The number of alkyl halides is 6. The van der Waals surface area contributed by atoms with Gasteiger partial charge in [-0.05, 0) is 48.4 Å². The van der Waals surface area contributed by atoms with Gasteiger partial charge in [0.05, 0.1) is 5.56 Å². The van der Waals surface area contributed by atoms with Gasteiger partial charge in [0.1, 0.15) is 23.5 Å². The zero-order valence-electron chi connectivity index (χ0n) is 14.8. The molecule has 2 aromatic carbocycles. The van der Waals surface area contributed by atoms with Crippen molar-refractivity contribution in [3.8, 4) is 5.75 Å². The second-order valence-corrected chi connectivity index (χ2v) is 6.96. The van der Waals surface area contributed by atoms with Crippen molar-refractivity contribution in [3.63, 3.8) is 0 Å². The third-order valence-corrected chi connectivity index (χ3v) is 4.78. The Kier molecular flexibility index (Phi) is 5.05. The fourth-order valence-electron chi connectivity index (χ4n) is 3.23. The van der Waals surface area contributed by atoms with Crippen molar-refractivity contribution in [2.24, 2.45) is 0 Å². The molecule has 2 atom stereocenters. The molecule has 0 saturated carbocycles. The van der Waals surface area contributed by atoms with Crippen molar-refractivity contribution in [3.05, 3.63) is 64.2 Å². The molecule has 2 nitrogen and oxygen atoms in total. The van der Waals surface area contributed by atoms with E-state index in [0.717, 1.165) is 19.1 Å². The third-order valence-electron chi connectivity index (χ3n) is 4.78. The van der Waals surface area contributed by atoms with Crippen molar-refractivity contribution in [2.45, 2.75) is 43.8 Å². The molecule has 0 radical (unpaired) electrons. The molecule has 0 amide bonds. The first-order valence-electron chi connectivity index (χ1n) is 8.33. The molecule has 0 aliphatic carbocycles. The van der Waals surface area contributed by atoms with E-state index in [1.807, 2.05) is 0 Å². The first kappa shape index (κ1) is 21.4. The van der Waals surface area contributed by atoms with E-state index in [4.69, 9.17) is 4.74 Å². The second kappa shape index (κ2) is 6.86. The molecule has 0 fully saturated rings. The zero-order chi connectivity index (χ0) is 21.8. The summed E-state index contributed by atoms with van der Waals surface area (Å²) in [6.45, 7) is 0.981. The Bertz CT molecular complexity index is 935. The second-order valence-electron chi connectivity index (χ2n) is 6.96. The molecule has 0 spiro atoms. The molecule has 1 N–H and O–H groups in total. The van der Waals surface area contributed by atoms with Crippen molar-refractivity contribution in [1.29, 1.82) is 0 Å². The molecule has 1 aliphatic heterocycles. The van der Waals surface area contributed by atoms with Gasteiger partial charge in [0.25, 0.3) is 0 Å². The molecular weight excluding hydrogens is 412 g/mol. The van der Waals surface area contributed by atoms with E-state index in [9.17, 15) is 40.2 Å². The number of hydrogen-bond donors (Lipinski definition) is 1. The van der Waals surface area contributed by atoms with Gasteiger partial charge in [-0.15, -0.1) is 0 Å². The molecule has 2 aromatic rings. The normalized spacial score (nSPS) is 18.5. The fraction of sp³-hybridized carbons (Fsp3) is 0.368. The highest BCUT2D eigenvalue weighted by atomic mass is 19.4. The number of fused-ring (bicyclic) bond motifs is 1. The maximum absolute atomic E-state index is 14.3. The minimum Gasteiger partial charge on any atom is -0.485 e. The fourth-order valence-corrected chi connectivity index (χ4v) is 3.23. The number of ether oxygens (including phenoxy) is 1. The first-order valence-corrected chi connectivity index (χ1v) is 8.33. The lowest BCUT2D eigenvalue weighted by molar-refractivity contribution is -0.269. The van der Waals surface area contributed by atoms with Crippen LogP contribution in [0.1, 0.15) is 34.8 Å². The van der Waals surface area contributed by atoms with Gasteiger partial charge in [0.15, 0.2) is 5.60 Å². The monoisotopic (exact) mass is 426 g/mol. The summed E-state index contributed by atoms with van der Waals surface area (Å²) in [5.74, 6) is -1.88. The maximum Gasteiger partial charge on any atom is 0.417 e. The highest BCUT2D eigenvalue weighted by Crippen LogP contribution is 2.48. The molecule has 0 bridgehead atoms. The number of hydrogen-bond acceptors (Lipinski definition) is 2. The highest BCUT2D eigenvalue weighted by Gasteiger charge is 2.56. The van der Waals surface area contributed by atoms with Gasteiger partial charge in [-0.2, -0.15) is 26.3 Å². The average molecular weight is 426 g/mol. The molecule has 2 unspecified atom stereocenters. The molecule has 1 heterocycles. The molecule has 10 heteroatoms. The van der Waals surface area contributed by atoms with E-state index in [0.29, 0.717) is 6.07 Å². The van der Waals surface area contributed by atoms with Crippen LogP contribution < -0.4 is 4.74 Å². The van der Waals surface area contributed by atoms with Gasteiger partial charge < -0.3 is 9.84 Å². The summed E-state index contributed by atoms with van der Waals surface area (Å²) in [5, 5.41) is 10.3. The summed E-state index contributed by atoms with van der Waals surface area (Å²) in [4.78, 5) is 0. The predicted octanol–water partition coefficient (Wildman–Crippen LogP) is 5.65. The summed E-state index contributed by atoms with van der Waals surface area (Å²) in [6, 6.07) is 3.89. The van der Waals surface area contributed by atoms with Gasteiger partial charge in [-0.3, -0.25) is 0 Å². The zero-order valence-corrected chi connectivity index (χ0v) is 14.8. The molecular formula is C19H14F8O2. The van der Waals surface area contributed by atoms with Crippen LogP contribution in [-0.4, -0.2) is 16.9 Å². The van der Waals surface area contributed by atoms with Crippen LogP contribution in [0.25, 0.3) is 0 Å². The summed E-state index contributed by atoms with van der Waals surface area (Å²) in [7, 11) is 0. The largest absolute Gasteiger partial charge is 0.485 e. The van der Waals surface area contributed by atoms with E-state index >= 15 is 0 Å². The lowest BCUT2D eigenvalue weighted by atomic mass is 9.83. The minimum atomic E-state index is -5.31. The molecule has 0 saturated heterocycles. The number of rotatable bonds is 4. The Morgan fingerprint density at radius 1 is 1.00 bits per heavy atom. The van der Waals surface area contributed by atoms with Gasteiger partial charge in [-0.1, -0.05) is 0 Å². The van der Waals surface area contributed by atoms with Crippen LogP contribution in [0.2, 0.25) is 0 Å². The maximum atomic E-state index is 14.3. The smallest absolute Gasteiger partial charge is 0.417 e. The van der Waals surface area contributed by atoms with Crippen LogP contribution in [0, 0.1) is 18.6 Å². The highest BCUT2D eigenvalue weighted by molar-refractivity contribution is 5.43. The average Bonchev–Trinajstić information content (AvgIpc) is 2.56. The number of benzene rings is 2. The Labute approximate surface area is 159 Å². The van der Waals surface area contributed by atoms with E-state index in [1.165, 1.54) is 6.07 Å². The Morgan fingerprint density at radius 3 is 2.24 bits per heavy atom. The lowest BCUT2D eigenvalue weighted by Crippen LogP contribution is -2.49. The molecule has 0 aromatic heterocycles. The van der Waals surface area contributed by atoms with Gasteiger partial charge in [-0.25, -0.2) is 8.78 Å².